The molecule has 0 spiro atoms. The minimum Gasteiger partial charge on any atom is -0.327 e. The van der Waals surface area contributed by atoms with Gasteiger partial charge in [0.15, 0.2) is 5.82 Å². The minimum absolute atomic E-state index is 0.261. The number of aromatic nitrogens is 4. The van der Waals surface area contributed by atoms with Crippen molar-refractivity contribution >= 4 is 0 Å². The molecule has 0 aliphatic rings. The molecule has 1 aromatic heterocycles. The van der Waals surface area contributed by atoms with Crippen molar-refractivity contribution < 1.29 is 0 Å². The summed E-state index contributed by atoms with van der Waals surface area (Å²) in [5, 5.41) is 11.9. The van der Waals surface area contributed by atoms with E-state index in [1.165, 1.54) is 4.80 Å². The van der Waals surface area contributed by atoms with Crippen LogP contribution in [0.4, 0.5) is 0 Å². The maximum atomic E-state index is 5.99. The summed E-state index contributed by atoms with van der Waals surface area (Å²) in [7, 11) is 3.81. The molecule has 0 fully saturated rings. The molecule has 1 heterocycles. The smallest absolute Gasteiger partial charge is 0.188 e. The van der Waals surface area contributed by atoms with E-state index in [4.69, 9.17) is 5.73 Å². The Morgan fingerprint density at radius 1 is 1.44 bits per heavy atom. The Labute approximate surface area is 96.8 Å². The summed E-state index contributed by atoms with van der Waals surface area (Å²) >= 11 is 0. The van der Waals surface area contributed by atoms with E-state index in [0.717, 1.165) is 25.3 Å². The van der Waals surface area contributed by atoms with Gasteiger partial charge in [-0.05, 0) is 31.1 Å². The topological polar surface area (TPSA) is 72.9 Å². The molecule has 1 aromatic rings. The van der Waals surface area contributed by atoms with E-state index >= 15 is 0 Å². The number of nitrogens with two attached hydrogens (primary N) is 1. The van der Waals surface area contributed by atoms with Crippen LogP contribution in [-0.4, -0.2) is 44.7 Å². The highest BCUT2D eigenvalue weighted by atomic mass is 15.6. The molecule has 0 saturated heterocycles. The van der Waals surface area contributed by atoms with Crippen molar-refractivity contribution in [2.24, 2.45) is 18.7 Å². The van der Waals surface area contributed by atoms with Crippen molar-refractivity contribution in [2.75, 3.05) is 13.6 Å². The normalized spacial score (nSPS) is 13.7. The highest BCUT2D eigenvalue weighted by molar-refractivity contribution is 4.76. The van der Waals surface area contributed by atoms with Crippen LogP contribution in [0, 0.1) is 5.92 Å². The monoisotopic (exact) mass is 226 g/mol. The van der Waals surface area contributed by atoms with Crippen molar-refractivity contribution in [1.82, 2.24) is 25.1 Å². The van der Waals surface area contributed by atoms with Crippen LogP contribution >= 0.6 is 0 Å². The zero-order valence-electron chi connectivity index (χ0n) is 10.6. The molecule has 1 atom stereocenters. The van der Waals surface area contributed by atoms with Crippen LogP contribution < -0.4 is 5.73 Å². The molecule has 92 valence electrons. The van der Waals surface area contributed by atoms with Crippen molar-refractivity contribution in [3.05, 3.63) is 5.82 Å². The van der Waals surface area contributed by atoms with Gasteiger partial charge in [0.05, 0.1) is 13.6 Å². The summed E-state index contributed by atoms with van der Waals surface area (Å²) in [6, 6.07) is 0.261. The van der Waals surface area contributed by atoms with Gasteiger partial charge in [-0.2, -0.15) is 4.80 Å². The molecule has 0 amide bonds. The van der Waals surface area contributed by atoms with Crippen LogP contribution in [0.2, 0.25) is 0 Å². The van der Waals surface area contributed by atoms with Crippen molar-refractivity contribution in [1.29, 1.82) is 0 Å². The lowest BCUT2D eigenvalue weighted by Gasteiger charge is -2.20. The van der Waals surface area contributed by atoms with Crippen molar-refractivity contribution in [2.45, 2.75) is 32.9 Å². The third-order valence-electron chi connectivity index (χ3n) is 2.66. The highest BCUT2D eigenvalue weighted by Crippen LogP contribution is 2.04. The minimum atomic E-state index is 0.261. The average molecular weight is 226 g/mol. The molecule has 0 aromatic carbocycles. The van der Waals surface area contributed by atoms with Gasteiger partial charge in [0.25, 0.3) is 0 Å². The molecule has 16 heavy (non-hydrogen) atoms. The van der Waals surface area contributed by atoms with Crippen LogP contribution in [-0.2, 0) is 13.6 Å². The predicted molar refractivity (Wildman–Crippen MR) is 62.6 cm³/mol. The maximum absolute atomic E-state index is 5.99. The molecule has 1 rings (SSSR count). The van der Waals surface area contributed by atoms with Gasteiger partial charge in [-0.1, -0.05) is 13.8 Å². The van der Waals surface area contributed by atoms with Gasteiger partial charge < -0.3 is 5.73 Å². The van der Waals surface area contributed by atoms with E-state index in [-0.39, 0.29) is 6.04 Å². The van der Waals surface area contributed by atoms with Crippen LogP contribution in [0.15, 0.2) is 0 Å². The summed E-state index contributed by atoms with van der Waals surface area (Å²) in [4.78, 5) is 3.64. The van der Waals surface area contributed by atoms with E-state index in [1.807, 2.05) is 7.05 Å². The Balaban J connectivity index is 2.28. The summed E-state index contributed by atoms with van der Waals surface area (Å²) in [5.41, 5.74) is 5.99. The Kier molecular flexibility index (Phi) is 4.82. The molecule has 2 N–H and O–H groups in total. The molecular weight excluding hydrogens is 204 g/mol. The first-order valence-corrected chi connectivity index (χ1v) is 5.66. The van der Waals surface area contributed by atoms with E-state index in [0.29, 0.717) is 5.92 Å². The maximum Gasteiger partial charge on any atom is 0.188 e. The number of rotatable bonds is 6. The third-order valence-corrected chi connectivity index (χ3v) is 2.66. The fourth-order valence-electron chi connectivity index (χ4n) is 1.41. The van der Waals surface area contributed by atoms with E-state index in [1.54, 1.807) is 7.05 Å². The van der Waals surface area contributed by atoms with E-state index in [9.17, 15) is 0 Å². The molecule has 1 unspecified atom stereocenters. The summed E-state index contributed by atoms with van der Waals surface area (Å²) < 4.78 is 0. The number of tetrazole rings is 1. The third kappa shape index (κ3) is 4.24. The Hall–Kier alpha value is -1.01. The van der Waals surface area contributed by atoms with Gasteiger partial charge >= 0.3 is 0 Å². The Morgan fingerprint density at radius 3 is 2.62 bits per heavy atom. The first kappa shape index (κ1) is 13.1. The lowest BCUT2D eigenvalue weighted by molar-refractivity contribution is 0.290. The lowest BCUT2D eigenvalue weighted by Crippen LogP contribution is -2.31. The van der Waals surface area contributed by atoms with E-state index < -0.39 is 0 Å². The lowest BCUT2D eigenvalue weighted by atomic mass is 10.0. The SMILES string of the molecule is CC(C)C(N)CCN(C)Cc1nnn(C)n1. The average Bonchev–Trinajstić information content (AvgIpc) is 2.60. The van der Waals surface area contributed by atoms with Crippen molar-refractivity contribution in [3.63, 3.8) is 0 Å². The van der Waals surface area contributed by atoms with Crippen LogP contribution in [0.1, 0.15) is 26.1 Å². The second-order valence-corrected chi connectivity index (χ2v) is 4.63. The fourth-order valence-corrected chi connectivity index (χ4v) is 1.41. The molecule has 0 bridgehead atoms. The van der Waals surface area contributed by atoms with Crippen molar-refractivity contribution in [3.8, 4) is 0 Å². The van der Waals surface area contributed by atoms with Gasteiger partial charge in [0, 0.05) is 6.04 Å². The molecule has 6 heteroatoms. The Bertz CT molecular complexity index is 308. The highest BCUT2D eigenvalue weighted by Gasteiger charge is 2.10. The predicted octanol–water partition coefficient (Wildman–Crippen LogP) is 0.0153. The van der Waals surface area contributed by atoms with Gasteiger partial charge in [0.1, 0.15) is 0 Å². The first-order chi connectivity index (χ1) is 7.49. The molecule has 0 radical (unpaired) electrons. The zero-order chi connectivity index (χ0) is 12.1. The largest absolute Gasteiger partial charge is 0.327 e. The summed E-state index contributed by atoms with van der Waals surface area (Å²) in [6.45, 7) is 5.97. The van der Waals surface area contributed by atoms with Crippen LogP contribution in [0.5, 0.6) is 0 Å². The molecule has 6 nitrogen and oxygen atoms in total. The summed E-state index contributed by atoms with van der Waals surface area (Å²) in [6.07, 6.45) is 0.994. The fraction of sp³-hybridized carbons (Fsp3) is 0.900. The first-order valence-electron chi connectivity index (χ1n) is 5.66. The van der Waals surface area contributed by atoms with Crippen LogP contribution in [0.3, 0.4) is 0 Å². The number of aryl methyl sites for hydroxylation is 1. The zero-order valence-corrected chi connectivity index (χ0v) is 10.6. The van der Waals surface area contributed by atoms with E-state index in [2.05, 4.69) is 34.2 Å². The van der Waals surface area contributed by atoms with Gasteiger partial charge in [-0.3, -0.25) is 4.90 Å². The second-order valence-electron chi connectivity index (χ2n) is 4.63. The standard InChI is InChI=1S/C10H22N6/c1-8(2)9(11)5-6-15(3)7-10-12-14-16(4)13-10/h8-9H,5-7,11H2,1-4H3. The Morgan fingerprint density at radius 2 is 2.12 bits per heavy atom. The number of hydrogen-bond acceptors (Lipinski definition) is 5. The summed E-state index contributed by atoms with van der Waals surface area (Å²) in [5.74, 6) is 1.28. The molecule has 0 aliphatic heterocycles. The van der Waals surface area contributed by atoms with Crippen LogP contribution in [0.25, 0.3) is 0 Å². The quantitative estimate of drug-likeness (QED) is 0.740. The molecule has 0 saturated carbocycles. The van der Waals surface area contributed by atoms with Gasteiger partial charge in [-0.25, -0.2) is 0 Å². The molecule has 0 aliphatic carbocycles. The number of hydrogen-bond donors (Lipinski definition) is 1. The molecular formula is C10H22N6. The second kappa shape index (κ2) is 5.91. The van der Waals surface area contributed by atoms with Gasteiger partial charge in [0.2, 0.25) is 0 Å². The number of nitrogens with zero attached hydrogens (tertiary/aromatic N) is 5. The van der Waals surface area contributed by atoms with Gasteiger partial charge in [-0.15, -0.1) is 10.2 Å².